The SMILES string of the molecule is COc1cccc([C@H]2CN3C(=O)CC[C@@]3(C(=O)[O-])c3[nH]c4ccccc4c32)c1OC. The molecule has 5 rings (SSSR count). The number of aliphatic carboxylic acids is 1. The summed E-state index contributed by atoms with van der Waals surface area (Å²) < 4.78 is 11.1. The van der Waals surface area contributed by atoms with Gasteiger partial charge >= 0.3 is 0 Å². The van der Waals surface area contributed by atoms with Crippen molar-refractivity contribution in [1.82, 2.24) is 9.88 Å². The third-order valence-electron chi connectivity index (χ3n) is 6.48. The average Bonchev–Trinajstić information content (AvgIpc) is 3.31. The van der Waals surface area contributed by atoms with E-state index >= 15 is 0 Å². The Morgan fingerprint density at radius 1 is 1.17 bits per heavy atom. The van der Waals surface area contributed by atoms with Crippen LogP contribution >= 0.6 is 0 Å². The summed E-state index contributed by atoms with van der Waals surface area (Å²) in [5.74, 6) is -0.557. The highest BCUT2D eigenvalue weighted by Crippen LogP contribution is 2.52. The van der Waals surface area contributed by atoms with E-state index in [1.807, 2.05) is 42.5 Å². The number of carbonyl (C=O) groups excluding carboxylic acids is 2. The zero-order valence-corrected chi connectivity index (χ0v) is 16.7. The van der Waals surface area contributed by atoms with Crippen molar-refractivity contribution in [1.29, 1.82) is 0 Å². The average molecular weight is 405 g/mol. The fourth-order valence-corrected chi connectivity index (χ4v) is 5.17. The smallest absolute Gasteiger partial charge is 0.223 e. The monoisotopic (exact) mass is 405 g/mol. The first kappa shape index (κ1) is 18.5. The standard InChI is InChI=1S/C23H22N2O5/c1-29-17-9-5-7-13(20(17)30-2)15-12-25-18(26)10-11-23(25,22(27)28)21-19(15)14-6-3-4-8-16(14)24-21/h3-9,15,24H,10-12H2,1-2H3,(H,27,28)/p-1/t15-,23+/m1/s1. The second-order valence-corrected chi connectivity index (χ2v) is 7.75. The normalized spacial score (nSPS) is 22.7. The Morgan fingerprint density at radius 3 is 2.70 bits per heavy atom. The van der Waals surface area contributed by atoms with Crippen LogP contribution in [-0.4, -0.2) is 42.5 Å². The van der Waals surface area contributed by atoms with E-state index in [0.717, 1.165) is 22.0 Å². The van der Waals surface area contributed by atoms with Crippen molar-refractivity contribution in [3.05, 3.63) is 59.3 Å². The van der Waals surface area contributed by atoms with Gasteiger partial charge in [0.1, 0.15) is 5.54 Å². The zero-order chi connectivity index (χ0) is 21.0. The summed E-state index contributed by atoms with van der Waals surface area (Å²) in [5.41, 5.74) is 1.59. The lowest BCUT2D eigenvalue weighted by atomic mass is 9.77. The quantitative estimate of drug-likeness (QED) is 0.715. The molecule has 2 atom stereocenters. The molecule has 1 amide bonds. The van der Waals surface area contributed by atoms with Crippen LogP contribution in [0, 0.1) is 0 Å². The summed E-state index contributed by atoms with van der Waals surface area (Å²) in [6.45, 7) is 0.227. The number of rotatable bonds is 4. The lowest BCUT2D eigenvalue weighted by Crippen LogP contribution is -2.59. The number of benzene rings is 2. The molecule has 1 aromatic heterocycles. The molecule has 2 aliphatic heterocycles. The highest BCUT2D eigenvalue weighted by molar-refractivity contribution is 5.96. The van der Waals surface area contributed by atoms with Crippen LogP contribution in [0.25, 0.3) is 10.9 Å². The Labute approximate surface area is 173 Å². The van der Waals surface area contributed by atoms with E-state index in [0.29, 0.717) is 17.2 Å². The molecule has 1 saturated heterocycles. The van der Waals surface area contributed by atoms with Gasteiger partial charge in [0.25, 0.3) is 0 Å². The maximum atomic E-state index is 12.8. The minimum Gasteiger partial charge on any atom is -0.547 e. The molecule has 0 radical (unpaired) electrons. The molecule has 0 spiro atoms. The zero-order valence-electron chi connectivity index (χ0n) is 16.7. The van der Waals surface area contributed by atoms with Gasteiger partial charge in [-0.25, -0.2) is 0 Å². The van der Waals surface area contributed by atoms with Crippen LogP contribution in [0.4, 0.5) is 0 Å². The number of carbonyl (C=O) groups is 2. The largest absolute Gasteiger partial charge is 0.547 e. The maximum Gasteiger partial charge on any atom is 0.223 e. The fourth-order valence-electron chi connectivity index (χ4n) is 5.17. The Hall–Kier alpha value is -3.48. The molecule has 3 heterocycles. The third kappa shape index (κ3) is 2.26. The lowest BCUT2D eigenvalue weighted by Gasteiger charge is -2.46. The molecule has 0 bridgehead atoms. The molecule has 0 saturated carbocycles. The number of H-pyrrole nitrogens is 1. The highest BCUT2D eigenvalue weighted by atomic mass is 16.5. The van der Waals surface area contributed by atoms with Crippen LogP contribution in [0.1, 0.15) is 35.6 Å². The summed E-state index contributed by atoms with van der Waals surface area (Å²) in [6.07, 6.45) is 0.362. The van der Waals surface area contributed by atoms with Crippen molar-refractivity contribution in [2.75, 3.05) is 20.8 Å². The van der Waals surface area contributed by atoms with Crippen LogP contribution in [0.5, 0.6) is 11.5 Å². The number of nitrogens with zero attached hydrogens (tertiary/aromatic N) is 1. The highest BCUT2D eigenvalue weighted by Gasteiger charge is 2.55. The topological polar surface area (TPSA) is 94.7 Å². The van der Waals surface area contributed by atoms with Gasteiger partial charge in [-0.05, 0) is 24.1 Å². The van der Waals surface area contributed by atoms with Crippen molar-refractivity contribution >= 4 is 22.8 Å². The second-order valence-electron chi connectivity index (χ2n) is 7.75. The van der Waals surface area contributed by atoms with Gasteiger partial charge in [0.2, 0.25) is 5.91 Å². The maximum absolute atomic E-state index is 12.8. The predicted octanol–water partition coefficient (Wildman–Crippen LogP) is 1.90. The minimum absolute atomic E-state index is 0.171. The number of aromatic nitrogens is 1. The van der Waals surface area contributed by atoms with Gasteiger partial charge in [-0.3, -0.25) is 4.79 Å². The summed E-state index contributed by atoms with van der Waals surface area (Å²) in [4.78, 5) is 30.0. The second kappa shape index (κ2) is 6.52. The Bertz CT molecular complexity index is 1180. The molecule has 7 nitrogen and oxygen atoms in total. The van der Waals surface area contributed by atoms with Crippen LogP contribution in [-0.2, 0) is 15.1 Å². The first-order valence-electron chi connectivity index (χ1n) is 9.86. The number of nitrogens with one attached hydrogen (secondary N) is 1. The van der Waals surface area contributed by atoms with Crippen molar-refractivity contribution in [3.63, 3.8) is 0 Å². The number of hydrogen-bond acceptors (Lipinski definition) is 5. The molecule has 0 unspecified atom stereocenters. The molecular weight excluding hydrogens is 384 g/mol. The van der Waals surface area contributed by atoms with Crippen molar-refractivity contribution in [3.8, 4) is 11.5 Å². The molecule has 3 aromatic rings. The number of ether oxygens (including phenoxy) is 2. The summed E-state index contributed by atoms with van der Waals surface area (Å²) in [5, 5.41) is 13.4. The molecular formula is C23H21N2O5-. The first-order chi connectivity index (χ1) is 14.5. The van der Waals surface area contributed by atoms with E-state index in [1.54, 1.807) is 14.2 Å². The third-order valence-corrected chi connectivity index (χ3v) is 6.48. The Morgan fingerprint density at radius 2 is 1.97 bits per heavy atom. The van der Waals surface area contributed by atoms with Crippen molar-refractivity contribution in [2.24, 2.45) is 0 Å². The van der Waals surface area contributed by atoms with Gasteiger partial charge in [0.05, 0.1) is 25.9 Å². The van der Waals surface area contributed by atoms with Crippen LogP contribution in [0.3, 0.4) is 0 Å². The Balaban J connectivity index is 1.84. The van der Waals surface area contributed by atoms with Gasteiger partial charge < -0.3 is 29.3 Å². The number of hydrogen-bond donors (Lipinski definition) is 1. The van der Waals surface area contributed by atoms with E-state index in [1.165, 1.54) is 4.90 Å². The molecule has 0 aliphatic carbocycles. The molecule has 154 valence electrons. The number of fused-ring (bicyclic) bond motifs is 5. The van der Waals surface area contributed by atoms with Crippen molar-refractivity contribution < 1.29 is 24.2 Å². The lowest BCUT2D eigenvalue weighted by molar-refractivity contribution is -0.319. The minimum atomic E-state index is -1.48. The summed E-state index contributed by atoms with van der Waals surface area (Å²) in [6, 6.07) is 13.3. The molecule has 1 fully saturated rings. The fraction of sp³-hybridized carbons (Fsp3) is 0.304. The van der Waals surface area contributed by atoms with Gasteiger partial charge in [-0.15, -0.1) is 0 Å². The number of carboxylic acids is 1. The van der Waals surface area contributed by atoms with E-state index in [4.69, 9.17) is 9.47 Å². The van der Waals surface area contributed by atoms with Crippen LogP contribution in [0.15, 0.2) is 42.5 Å². The van der Waals surface area contributed by atoms with Crippen molar-refractivity contribution in [2.45, 2.75) is 24.3 Å². The molecule has 2 aromatic carbocycles. The predicted molar refractivity (Wildman–Crippen MR) is 107 cm³/mol. The number of amides is 1. The number of para-hydroxylation sites is 2. The van der Waals surface area contributed by atoms with Gasteiger partial charge in [0.15, 0.2) is 11.5 Å². The van der Waals surface area contributed by atoms with Crippen LogP contribution in [0.2, 0.25) is 0 Å². The van der Waals surface area contributed by atoms with E-state index in [9.17, 15) is 14.7 Å². The van der Waals surface area contributed by atoms with E-state index in [-0.39, 0.29) is 31.2 Å². The molecule has 1 N–H and O–H groups in total. The summed E-state index contributed by atoms with van der Waals surface area (Å²) in [7, 11) is 3.15. The number of methoxy groups -OCH3 is 2. The van der Waals surface area contributed by atoms with Gasteiger partial charge in [-0.2, -0.15) is 0 Å². The van der Waals surface area contributed by atoms with Crippen LogP contribution < -0.4 is 14.6 Å². The molecule has 2 aliphatic rings. The van der Waals surface area contributed by atoms with E-state index < -0.39 is 11.5 Å². The first-order valence-corrected chi connectivity index (χ1v) is 9.86. The molecule has 7 heteroatoms. The van der Waals surface area contributed by atoms with Gasteiger partial charge in [-0.1, -0.05) is 30.3 Å². The Kier molecular flexibility index (Phi) is 4.03. The van der Waals surface area contributed by atoms with Gasteiger partial charge in [0, 0.05) is 35.3 Å². The molecule has 30 heavy (non-hydrogen) atoms. The van der Waals surface area contributed by atoms with E-state index in [2.05, 4.69) is 4.98 Å². The number of carboxylic acid groups (broad SMARTS) is 1. The number of aromatic amines is 1. The summed E-state index contributed by atoms with van der Waals surface area (Å²) >= 11 is 0.